The maximum Gasteiger partial charge on any atom is 0.573 e. The van der Waals surface area contributed by atoms with Crippen LogP contribution in [0.5, 0.6) is 11.5 Å². The highest BCUT2D eigenvalue weighted by atomic mass is 19.4. The van der Waals surface area contributed by atoms with E-state index in [2.05, 4.69) is 15.0 Å². The van der Waals surface area contributed by atoms with Crippen molar-refractivity contribution in [2.24, 2.45) is 0 Å². The van der Waals surface area contributed by atoms with E-state index in [0.29, 0.717) is 12.2 Å². The molecular formula is C15H21F3N2O3. The number of rotatable bonds is 6. The van der Waals surface area contributed by atoms with E-state index in [4.69, 9.17) is 4.74 Å². The van der Waals surface area contributed by atoms with Gasteiger partial charge in [0, 0.05) is 50.5 Å². The van der Waals surface area contributed by atoms with Crippen molar-refractivity contribution in [1.29, 1.82) is 0 Å². The van der Waals surface area contributed by atoms with Crippen molar-refractivity contribution >= 4 is 0 Å². The zero-order chi connectivity index (χ0) is 16.9. The van der Waals surface area contributed by atoms with Crippen LogP contribution in [0.2, 0.25) is 0 Å². The first-order valence-corrected chi connectivity index (χ1v) is 7.44. The van der Waals surface area contributed by atoms with E-state index in [9.17, 15) is 18.3 Å². The molecule has 5 nitrogen and oxygen atoms in total. The molecule has 1 aliphatic heterocycles. The topological polar surface area (TPSA) is 54.0 Å². The van der Waals surface area contributed by atoms with Gasteiger partial charge in [-0.25, -0.2) is 0 Å². The Bertz CT molecular complexity index is 505. The largest absolute Gasteiger partial charge is 0.573 e. The number of aliphatic hydroxyl groups is 1. The number of alkyl halides is 3. The van der Waals surface area contributed by atoms with Gasteiger partial charge in [-0.2, -0.15) is 0 Å². The predicted molar refractivity (Wildman–Crippen MR) is 78.6 cm³/mol. The van der Waals surface area contributed by atoms with Crippen LogP contribution in [0.3, 0.4) is 0 Å². The van der Waals surface area contributed by atoms with E-state index in [-0.39, 0.29) is 18.4 Å². The highest BCUT2D eigenvalue weighted by Gasteiger charge is 2.32. The van der Waals surface area contributed by atoms with Crippen LogP contribution in [0, 0.1) is 0 Å². The zero-order valence-electron chi connectivity index (χ0n) is 12.9. The number of halogens is 3. The van der Waals surface area contributed by atoms with Crippen molar-refractivity contribution in [2.75, 3.05) is 39.9 Å². The van der Waals surface area contributed by atoms with Crippen molar-refractivity contribution in [3.05, 3.63) is 23.8 Å². The van der Waals surface area contributed by atoms with Crippen molar-refractivity contribution in [1.82, 2.24) is 10.2 Å². The Hall–Kier alpha value is -1.51. The second-order valence-corrected chi connectivity index (χ2v) is 5.27. The molecule has 0 bridgehead atoms. The first-order chi connectivity index (χ1) is 10.9. The molecule has 0 aliphatic carbocycles. The fourth-order valence-electron chi connectivity index (χ4n) is 2.81. The van der Waals surface area contributed by atoms with Crippen LogP contribution in [0.4, 0.5) is 13.2 Å². The standard InChI is InChI=1S/C15H21F3N2O3/c1-22-14-10-11(23-15(16,17)18)2-3-12(14)13(4-9-21)20-7-5-19-6-8-20/h2-3,10,13,19,21H,4-9H2,1H3/t13-/m1/s1. The number of nitrogens with zero attached hydrogens (tertiary/aromatic N) is 1. The van der Waals surface area contributed by atoms with Gasteiger partial charge < -0.3 is 19.9 Å². The summed E-state index contributed by atoms with van der Waals surface area (Å²) in [6.45, 7) is 3.25. The number of nitrogens with one attached hydrogen (secondary N) is 1. The summed E-state index contributed by atoms with van der Waals surface area (Å²) in [6.07, 6.45) is -4.26. The fraction of sp³-hybridized carbons (Fsp3) is 0.600. The van der Waals surface area contributed by atoms with Gasteiger partial charge in [0.1, 0.15) is 11.5 Å². The molecule has 1 aromatic carbocycles. The molecule has 1 saturated heterocycles. The summed E-state index contributed by atoms with van der Waals surface area (Å²) in [5.74, 6) is 0.00453. The van der Waals surface area contributed by atoms with Gasteiger partial charge in [-0.15, -0.1) is 13.2 Å². The van der Waals surface area contributed by atoms with Gasteiger partial charge in [0.05, 0.1) is 7.11 Å². The van der Waals surface area contributed by atoms with Crippen LogP contribution in [-0.4, -0.2) is 56.3 Å². The van der Waals surface area contributed by atoms with Gasteiger partial charge in [-0.1, -0.05) is 6.07 Å². The maximum atomic E-state index is 12.3. The van der Waals surface area contributed by atoms with E-state index < -0.39 is 6.36 Å². The lowest BCUT2D eigenvalue weighted by molar-refractivity contribution is -0.274. The molecule has 8 heteroatoms. The molecule has 0 unspecified atom stereocenters. The van der Waals surface area contributed by atoms with E-state index in [0.717, 1.165) is 31.7 Å². The van der Waals surface area contributed by atoms with Crippen LogP contribution in [0.1, 0.15) is 18.0 Å². The second-order valence-electron chi connectivity index (χ2n) is 5.27. The predicted octanol–water partition coefficient (Wildman–Crippen LogP) is 1.92. The molecule has 0 radical (unpaired) electrons. The van der Waals surface area contributed by atoms with Crippen LogP contribution in [-0.2, 0) is 0 Å². The minimum absolute atomic E-state index is 0.0153. The van der Waals surface area contributed by atoms with E-state index in [1.165, 1.54) is 19.2 Å². The molecular weight excluding hydrogens is 313 g/mol. The molecule has 23 heavy (non-hydrogen) atoms. The van der Waals surface area contributed by atoms with Gasteiger partial charge >= 0.3 is 6.36 Å². The number of aliphatic hydroxyl groups excluding tert-OH is 1. The van der Waals surface area contributed by atoms with Crippen molar-refractivity contribution < 1.29 is 27.8 Å². The van der Waals surface area contributed by atoms with Crippen LogP contribution in [0.25, 0.3) is 0 Å². The third kappa shape index (κ3) is 4.98. The monoisotopic (exact) mass is 334 g/mol. The van der Waals surface area contributed by atoms with Gasteiger partial charge in [0.25, 0.3) is 0 Å². The Morgan fingerprint density at radius 3 is 2.57 bits per heavy atom. The third-order valence-corrected chi connectivity index (χ3v) is 3.79. The molecule has 0 aromatic heterocycles. The zero-order valence-corrected chi connectivity index (χ0v) is 12.9. The quantitative estimate of drug-likeness (QED) is 0.832. The molecule has 1 atom stereocenters. The fourth-order valence-corrected chi connectivity index (χ4v) is 2.81. The average molecular weight is 334 g/mol. The molecule has 2 rings (SSSR count). The summed E-state index contributed by atoms with van der Waals surface area (Å²) in [6, 6.07) is 3.97. The summed E-state index contributed by atoms with van der Waals surface area (Å²) in [4.78, 5) is 2.19. The molecule has 1 heterocycles. The van der Waals surface area contributed by atoms with Crippen LogP contribution >= 0.6 is 0 Å². The number of methoxy groups -OCH3 is 1. The number of hydrogen-bond acceptors (Lipinski definition) is 5. The van der Waals surface area contributed by atoms with E-state index >= 15 is 0 Å². The summed E-state index contributed by atoms with van der Waals surface area (Å²) >= 11 is 0. The lowest BCUT2D eigenvalue weighted by Crippen LogP contribution is -2.45. The summed E-state index contributed by atoms with van der Waals surface area (Å²) < 4.78 is 46.2. The van der Waals surface area contributed by atoms with Crippen molar-refractivity contribution in [2.45, 2.75) is 18.8 Å². The second kappa shape index (κ2) is 7.85. The van der Waals surface area contributed by atoms with Gasteiger partial charge in [0.2, 0.25) is 0 Å². The summed E-state index contributed by atoms with van der Waals surface area (Å²) in [5, 5.41) is 12.6. The Morgan fingerprint density at radius 1 is 1.30 bits per heavy atom. The third-order valence-electron chi connectivity index (χ3n) is 3.79. The molecule has 0 amide bonds. The Balaban J connectivity index is 2.26. The lowest BCUT2D eigenvalue weighted by atomic mass is 10.00. The van der Waals surface area contributed by atoms with Crippen LogP contribution in [0.15, 0.2) is 18.2 Å². The molecule has 0 saturated carbocycles. The van der Waals surface area contributed by atoms with Crippen molar-refractivity contribution in [3.63, 3.8) is 0 Å². The first-order valence-electron chi connectivity index (χ1n) is 7.44. The highest BCUT2D eigenvalue weighted by Crippen LogP contribution is 2.36. The Morgan fingerprint density at radius 2 is 2.00 bits per heavy atom. The summed E-state index contributed by atoms with van der Waals surface area (Å²) in [5.41, 5.74) is 0.748. The van der Waals surface area contributed by atoms with Gasteiger partial charge in [-0.05, 0) is 12.5 Å². The lowest BCUT2D eigenvalue weighted by Gasteiger charge is -2.35. The molecule has 130 valence electrons. The number of benzene rings is 1. The first kappa shape index (κ1) is 17.8. The molecule has 1 fully saturated rings. The molecule has 2 N–H and O–H groups in total. The van der Waals surface area contributed by atoms with Gasteiger partial charge in [-0.3, -0.25) is 4.90 Å². The minimum Gasteiger partial charge on any atom is -0.496 e. The van der Waals surface area contributed by atoms with Crippen molar-refractivity contribution in [3.8, 4) is 11.5 Å². The maximum absolute atomic E-state index is 12.3. The number of hydrogen-bond donors (Lipinski definition) is 2. The number of ether oxygens (including phenoxy) is 2. The number of piperazine rings is 1. The molecule has 0 spiro atoms. The smallest absolute Gasteiger partial charge is 0.496 e. The normalized spacial score (nSPS) is 17.8. The SMILES string of the molecule is COc1cc(OC(F)(F)F)ccc1[C@@H](CCO)N1CCNCC1. The Labute approximate surface area is 133 Å². The highest BCUT2D eigenvalue weighted by molar-refractivity contribution is 5.42. The molecule has 1 aliphatic rings. The minimum atomic E-state index is -4.74. The van der Waals surface area contributed by atoms with E-state index in [1.54, 1.807) is 6.07 Å². The average Bonchev–Trinajstić information content (AvgIpc) is 2.52. The van der Waals surface area contributed by atoms with E-state index in [1.807, 2.05) is 0 Å². The summed E-state index contributed by atoms with van der Waals surface area (Å²) in [7, 11) is 1.41. The Kier molecular flexibility index (Phi) is 6.09. The molecule has 1 aromatic rings. The van der Waals surface area contributed by atoms with Crippen LogP contribution < -0.4 is 14.8 Å². The van der Waals surface area contributed by atoms with Gasteiger partial charge in [0.15, 0.2) is 0 Å².